The highest BCUT2D eigenvalue weighted by Gasteiger charge is 2.00. The zero-order valence-corrected chi connectivity index (χ0v) is 6.15. The van der Waals surface area contributed by atoms with Crippen molar-refractivity contribution in [3.63, 3.8) is 0 Å². The molecule has 0 bridgehead atoms. The van der Waals surface area contributed by atoms with Crippen LogP contribution in [0.4, 0.5) is 0 Å². The largest absolute Gasteiger partial charge is 0.434 e. The highest BCUT2D eigenvalue weighted by molar-refractivity contribution is 5.82. The van der Waals surface area contributed by atoms with E-state index in [0.29, 0.717) is 0 Å². The van der Waals surface area contributed by atoms with E-state index in [1.807, 2.05) is 0 Å². The molecule has 0 spiro atoms. The van der Waals surface area contributed by atoms with E-state index >= 15 is 0 Å². The zero-order chi connectivity index (χ0) is 8.97. The third kappa shape index (κ3) is 2.09. The molecule has 1 rings (SSSR count). The summed E-state index contributed by atoms with van der Waals surface area (Å²) in [5.74, 6) is -0.795. The summed E-state index contributed by atoms with van der Waals surface area (Å²) in [5, 5.41) is 0. The minimum Gasteiger partial charge on any atom is -0.434 e. The Kier molecular flexibility index (Phi) is 2.42. The Hall–Kier alpha value is -1.84. The van der Waals surface area contributed by atoms with Crippen LogP contribution in [0, 0.1) is 0 Å². The van der Waals surface area contributed by atoms with Gasteiger partial charge in [-0.1, -0.05) is 6.58 Å². The number of ether oxygens (including phenoxy) is 1. The maximum Gasteiger partial charge on any atom is 0.337 e. The third-order valence-corrected chi connectivity index (χ3v) is 1.04. The lowest BCUT2D eigenvalue weighted by Crippen LogP contribution is -2.05. The summed E-state index contributed by atoms with van der Waals surface area (Å²) in [6.45, 7) is 3.18. The Balaban J connectivity index is 2.83. The number of carbonyl (C=O) groups excluding carboxylic acids is 1. The van der Waals surface area contributed by atoms with Crippen molar-refractivity contribution in [3.05, 3.63) is 41.3 Å². The zero-order valence-electron chi connectivity index (χ0n) is 6.15. The molecule has 0 aliphatic carbocycles. The van der Waals surface area contributed by atoms with Gasteiger partial charge in [0.2, 0.25) is 0 Å². The first-order chi connectivity index (χ1) is 5.72. The van der Waals surface area contributed by atoms with Crippen LogP contribution in [0.5, 0.6) is 5.95 Å². The van der Waals surface area contributed by atoms with Gasteiger partial charge in [-0.15, -0.1) is 0 Å². The van der Waals surface area contributed by atoms with Crippen LogP contribution < -0.4 is 10.2 Å². The summed E-state index contributed by atoms with van der Waals surface area (Å²) >= 11 is 0. The molecular weight excluding hydrogens is 160 g/mol. The molecule has 0 N–H and O–H groups in total. The Morgan fingerprint density at radius 3 is 3.00 bits per heavy atom. The molecule has 0 unspecified atom stereocenters. The second-order valence-electron chi connectivity index (χ2n) is 1.91. The summed E-state index contributed by atoms with van der Waals surface area (Å²) in [6.07, 6.45) is 2.13. The third-order valence-electron chi connectivity index (χ3n) is 1.04. The van der Waals surface area contributed by atoms with E-state index in [-0.39, 0.29) is 11.4 Å². The van der Waals surface area contributed by atoms with Crippen LogP contribution in [0.15, 0.2) is 40.3 Å². The van der Waals surface area contributed by atoms with Crippen LogP contribution in [0.25, 0.3) is 0 Å². The first kappa shape index (κ1) is 8.26. The quantitative estimate of drug-likeness (QED) is 0.480. The molecule has 0 aliphatic rings. The lowest BCUT2D eigenvalue weighted by molar-refractivity contribution is -0.130. The normalized spacial score (nSPS) is 9.00. The van der Waals surface area contributed by atoms with E-state index in [2.05, 4.69) is 15.7 Å². The van der Waals surface area contributed by atoms with Crippen molar-refractivity contribution in [2.75, 3.05) is 0 Å². The Labute approximate surface area is 68.1 Å². The maximum absolute atomic E-state index is 10.7. The molecule has 0 radical (unpaired) electrons. The van der Waals surface area contributed by atoms with Crippen LogP contribution >= 0.6 is 0 Å². The minimum atomic E-state index is -0.663. The average Bonchev–Trinajstić information content (AvgIpc) is 2.04. The van der Waals surface area contributed by atoms with E-state index in [9.17, 15) is 9.59 Å². The molecule has 0 aliphatic heterocycles. The number of carbonyl (C=O) groups is 1. The van der Waals surface area contributed by atoms with Gasteiger partial charge in [-0.2, -0.15) is 0 Å². The van der Waals surface area contributed by atoms with Crippen molar-refractivity contribution in [1.82, 2.24) is 0 Å². The fourth-order valence-corrected chi connectivity index (χ4v) is 0.561. The summed E-state index contributed by atoms with van der Waals surface area (Å²) in [6, 6.07) is 2.28. The van der Waals surface area contributed by atoms with Crippen LogP contribution in [0.3, 0.4) is 0 Å². The molecule has 0 saturated carbocycles. The van der Waals surface area contributed by atoms with Crippen molar-refractivity contribution < 1.29 is 13.9 Å². The van der Waals surface area contributed by atoms with Gasteiger partial charge in [0.1, 0.15) is 0 Å². The number of esters is 1. The Morgan fingerprint density at radius 2 is 2.42 bits per heavy atom. The molecule has 1 aromatic rings. The molecule has 0 fully saturated rings. The van der Waals surface area contributed by atoms with E-state index in [4.69, 9.17) is 0 Å². The smallest absolute Gasteiger partial charge is 0.337 e. The fraction of sp³-hybridized carbons (Fsp3) is 0. The van der Waals surface area contributed by atoms with Gasteiger partial charge in [0.15, 0.2) is 5.43 Å². The Bertz CT molecular complexity index is 350. The molecule has 4 nitrogen and oxygen atoms in total. The second-order valence-corrected chi connectivity index (χ2v) is 1.91. The lowest BCUT2D eigenvalue weighted by atomic mass is 10.5. The van der Waals surface area contributed by atoms with Gasteiger partial charge in [-0.3, -0.25) is 4.79 Å². The number of hydrogen-bond acceptors (Lipinski definition) is 4. The summed E-state index contributed by atoms with van der Waals surface area (Å²) in [4.78, 5) is 21.3. The van der Waals surface area contributed by atoms with Crippen LogP contribution in [0.2, 0.25) is 0 Å². The first-order valence-electron chi connectivity index (χ1n) is 3.15. The molecule has 0 aromatic carbocycles. The van der Waals surface area contributed by atoms with Gasteiger partial charge in [-0.25, -0.2) is 4.79 Å². The molecule has 12 heavy (non-hydrogen) atoms. The summed E-state index contributed by atoms with van der Waals surface area (Å²) < 4.78 is 9.21. The Morgan fingerprint density at radius 1 is 1.67 bits per heavy atom. The molecule has 62 valence electrons. The van der Waals surface area contributed by atoms with E-state index < -0.39 is 5.97 Å². The summed E-state index contributed by atoms with van der Waals surface area (Å²) in [7, 11) is 0. The van der Waals surface area contributed by atoms with E-state index in [0.717, 1.165) is 18.4 Å². The predicted octanol–water partition coefficient (Wildman–Crippen LogP) is 0.731. The molecule has 4 heteroatoms. The minimum absolute atomic E-state index is 0.132. The number of rotatable bonds is 2. The fourth-order valence-electron chi connectivity index (χ4n) is 0.561. The highest BCUT2D eigenvalue weighted by atomic mass is 16.6. The molecule has 0 saturated heterocycles. The standard InChI is InChI=1S/C8H6O4/c1-2-7(10)12-8-5-6(9)3-4-11-8/h2-5H,1H2. The average molecular weight is 166 g/mol. The first-order valence-corrected chi connectivity index (χ1v) is 3.15. The molecule has 1 heterocycles. The monoisotopic (exact) mass is 166 g/mol. The predicted molar refractivity (Wildman–Crippen MR) is 40.8 cm³/mol. The lowest BCUT2D eigenvalue weighted by Gasteiger charge is -1.96. The molecule has 0 atom stereocenters. The van der Waals surface area contributed by atoms with Crippen molar-refractivity contribution in [3.8, 4) is 5.95 Å². The highest BCUT2D eigenvalue weighted by Crippen LogP contribution is 2.05. The molecule has 0 amide bonds. The van der Waals surface area contributed by atoms with Crippen molar-refractivity contribution in [1.29, 1.82) is 0 Å². The van der Waals surface area contributed by atoms with Crippen LogP contribution in [0.1, 0.15) is 0 Å². The van der Waals surface area contributed by atoms with Crippen LogP contribution in [-0.2, 0) is 4.79 Å². The van der Waals surface area contributed by atoms with Crippen molar-refractivity contribution in [2.45, 2.75) is 0 Å². The second kappa shape index (κ2) is 3.52. The van der Waals surface area contributed by atoms with Crippen molar-refractivity contribution >= 4 is 5.97 Å². The summed E-state index contributed by atoms with van der Waals surface area (Å²) in [5.41, 5.74) is -0.284. The van der Waals surface area contributed by atoms with E-state index in [1.165, 1.54) is 6.07 Å². The van der Waals surface area contributed by atoms with Gasteiger partial charge >= 0.3 is 5.97 Å². The van der Waals surface area contributed by atoms with E-state index in [1.54, 1.807) is 0 Å². The van der Waals surface area contributed by atoms with Crippen LogP contribution in [-0.4, -0.2) is 5.97 Å². The molecular formula is C8H6O4. The van der Waals surface area contributed by atoms with Gasteiger partial charge in [0, 0.05) is 12.1 Å². The van der Waals surface area contributed by atoms with Crippen molar-refractivity contribution in [2.24, 2.45) is 0 Å². The van der Waals surface area contributed by atoms with Gasteiger partial charge in [0.05, 0.1) is 12.3 Å². The maximum atomic E-state index is 10.7. The topological polar surface area (TPSA) is 56.5 Å². The number of hydrogen-bond donors (Lipinski definition) is 0. The van der Waals surface area contributed by atoms with Gasteiger partial charge in [-0.05, 0) is 0 Å². The molecule has 1 aromatic heterocycles. The SMILES string of the molecule is C=CC(=O)Oc1cc(=O)cco1. The van der Waals surface area contributed by atoms with Gasteiger partial charge in [0.25, 0.3) is 5.95 Å². The van der Waals surface area contributed by atoms with Gasteiger partial charge < -0.3 is 9.15 Å².